The van der Waals surface area contributed by atoms with Gasteiger partial charge in [-0.1, -0.05) is 19.3 Å². The van der Waals surface area contributed by atoms with Crippen molar-refractivity contribution in [3.05, 3.63) is 0 Å². The number of isocyanates is 6. The predicted molar refractivity (Wildman–Crippen MR) is 148 cm³/mol. The van der Waals surface area contributed by atoms with Crippen LogP contribution >= 0.6 is 11.8 Å². The molecule has 0 saturated carbocycles. The van der Waals surface area contributed by atoms with Crippen LogP contribution in [0.15, 0.2) is 30.0 Å². The monoisotopic (exact) mass is 566 g/mol. The second-order valence-electron chi connectivity index (χ2n) is 7.24. The van der Waals surface area contributed by atoms with Gasteiger partial charge in [-0.15, -0.1) is 0 Å². The van der Waals surface area contributed by atoms with Gasteiger partial charge in [0.05, 0.1) is 39.3 Å². The van der Waals surface area contributed by atoms with E-state index in [2.05, 4.69) is 30.0 Å². The molecule has 0 radical (unpaired) electrons. The summed E-state index contributed by atoms with van der Waals surface area (Å²) in [7, 11) is 0. The standard InChI is InChI=1S/C9H14N2O2.C8H12N2O3.C8H12N2O2S/c12-8-10-6-4-2-1-3-5-7-11-9-13;2*11-7-9-3-1-5-13-6-2-4-10-8-12/h1-7H2;2*1-6H2. The second kappa shape index (κ2) is 44.6. The maximum absolute atomic E-state index is 9.67. The summed E-state index contributed by atoms with van der Waals surface area (Å²) >= 11 is 1.77. The van der Waals surface area contributed by atoms with E-state index in [4.69, 9.17) is 4.74 Å². The highest BCUT2D eigenvalue weighted by molar-refractivity contribution is 7.99. The van der Waals surface area contributed by atoms with Gasteiger partial charge in [0.15, 0.2) is 0 Å². The molecule has 0 aromatic rings. The maximum Gasteiger partial charge on any atom is 0.234 e. The summed E-state index contributed by atoms with van der Waals surface area (Å²) < 4.78 is 5.15. The molecule has 0 aliphatic rings. The summed E-state index contributed by atoms with van der Waals surface area (Å²) in [6.07, 6.45) is 17.2. The molecule has 0 spiro atoms. The van der Waals surface area contributed by atoms with E-state index >= 15 is 0 Å². The summed E-state index contributed by atoms with van der Waals surface area (Å²) in [4.78, 5) is 78.4. The third-order valence-corrected chi connectivity index (χ3v) is 5.32. The number of carbonyl (C=O) groups excluding carboxylic acids is 6. The normalized spacial score (nSPS) is 8.62. The summed E-state index contributed by atoms with van der Waals surface area (Å²) in [5.41, 5.74) is 0. The van der Waals surface area contributed by atoms with E-state index in [0.717, 1.165) is 56.5 Å². The van der Waals surface area contributed by atoms with Crippen LogP contribution in [0.2, 0.25) is 0 Å². The summed E-state index contributed by atoms with van der Waals surface area (Å²) in [6.45, 7) is 4.32. The zero-order valence-corrected chi connectivity index (χ0v) is 23.2. The Morgan fingerprint density at radius 3 is 1.00 bits per heavy atom. The van der Waals surface area contributed by atoms with Gasteiger partial charge >= 0.3 is 0 Å². The molecule has 0 aromatic heterocycles. The first-order valence-electron chi connectivity index (χ1n) is 12.6. The van der Waals surface area contributed by atoms with E-state index in [-0.39, 0.29) is 0 Å². The molecule has 0 bridgehead atoms. The fraction of sp³-hybridized carbons (Fsp3) is 0.760. The van der Waals surface area contributed by atoms with Gasteiger partial charge < -0.3 is 4.74 Å². The van der Waals surface area contributed by atoms with Gasteiger partial charge in [0.25, 0.3) is 0 Å². The van der Waals surface area contributed by atoms with E-state index in [1.54, 1.807) is 11.8 Å². The zero-order chi connectivity index (χ0) is 29.3. The van der Waals surface area contributed by atoms with Crippen molar-refractivity contribution >= 4 is 48.2 Å². The Balaban J connectivity index is -0.000000498. The van der Waals surface area contributed by atoms with Crippen LogP contribution in [0, 0.1) is 0 Å². The van der Waals surface area contributed by atoms with Crippen LogP contribution in [-0.2, 0) is 33.5 Å². The van der Waals surface area contributed by atoms with E-state index in [1.807, 2.05) is 0 Å². The SMILES string of the molecule is O=C=NCCCCCCCN=C=O.O=C=NCCCOCCCN=C=O.O=C=NCCCSCCCN=C=O. The molecular formula is C25H38N6O7S. The molecule has 0 heterocycles. The first-order valence-corrected chi connectivity index (χ1v) is 13.8. The number of aliphatic imine (C=N–C) groups is 6. The number of hydrogen-bond donors (Lipinski definition) is 0. The molecule has 0 unspecified atom stereocenters. The van der Waals surface area contributed by atoms with Gasteiger partial charge in [-0.25, -0.2) is 58.7 Å². The summed E-state index contributed by atoms with van der Waals surface area (Å²) in [5.74, 6) is 1.96. The van der Waals surface area contributed by atoms with Crippen LogP contribution in [0.5, 0.6) is 0 Å². The first-order chi connectivity index (χ1) is 19.2. The molecule has 39 heavy (non-hydrogen) atoms. The molecule has 0 saturated heterocycles. The van der Waals surface area contributed by atoms with Gasteiger partial charge in [-0.3, -0.25) is 0 Å². The Bertz CT molecular complexity index is 662. The Kier molecular flexibility index (Phi) is 45.8. The number of unbranched alkanes of at least 4 members (excludes halogenated alkanes) is 4. The largest absolute Gasteiger partial charge is 0.381 e. The smallest absolute Gasteiger partial charge is 0.234 e. The van der Waals surface area contributed by atoms with Crippen molar-refractivity contribution < 1.29 is 33.5 Å². The molecule has 0 fully saturated rings. The third-order valence-electron chi connectivity index (χ3n) is 4.16. The van der Waals surface area contributed by atoms with Crippen LogP contribution in [0.1, 0.15) is 57.8 Å². The fourth-order valence-electron chi connectivity index (χ4n) is 2.37. The Morgan fingerprint density at radius 2 is 0.667 bits per heavy atom. The molecule has 0 rings (SSSR count). The maximum atomic E-state index is 9.67. The van der Waals surface area contributed by atoms with Gasteiger partial charge in [-0.2, -0.15) is 11.8 Å². The van der Waals surface area contributed by atoms with Gasteiger partial charge in [-0.05, 0) is 50.0 Å². The molecule has 0 amide bonds. The number of thioether (sulfide) groups is 1. The number of ether oxygens (including phenoxy) is 1. The molecule has 216 valence electrons. The lowest BCUT2D eigenvalue weighted by molar-refractivity contribution is 0.132. The Morgan fingerprint density at radius 1 is 0.385 bits per heavy atom. The lowest BCUT2D eigenvalue weighted by atomic mass is 10.1. The van der Waals surface area contributed by atoms with Gasteiger partial charge in [0, 0.05) is 13.2 Å². The molecule has 0 aromatic carbocycles. The van der Waals surface area contributed by atoms with E-state index < -0.39 is 0 Å². The molecule has 14 heteroatoms. The minimum Gasteiger partial charge on any atom is -0.381 e. The van der Waals surface area contributed by atoms with E-state index in [0.29, 0.717) is 65.3 Å². The summed E-state index contributed by atoms with van der Waals surface area (Å²) in [5, 5.41) is 0. The number of hydrogen-bond acceptors (Lipinski definition) is 14. The lowest BCUT2D eigenvalue weighted by Gasteiger charge is -1.99. The van der Waals surface area contributed by atoms with Crippen molar-refractivity contribution in [3.8, 4) is 0 Å². The van der Waals surface area contributed by atoms with Crippen molar-refractivity contribution in [2.24, 2.45) is 30.0 Å². The quantitative estimate of drug-likeness (QED) is 0.0967. The zero-order valence-electron chi connectivity index (χ0n) is 22.4. The molecule has 13 nitrogen and oxygen atoms in total. The van der Waals surface area contributed by atoms with Gasteiger partial charge in [0.1, 0.15) is 0 Å². The molecule has 0 aliphatic heterocycles. The average molecular weight is 567 g/mol. The van der Waals surface area contributed by atoms with Crippen LogP contribution in [0.25, 0.3) is 0 Å². The second-order valence-corrected chi connectivity index (χ2v) is 8.47. The number of rotatable bonds is 24. The minimum atomic E-state index is 0.454. The van der Waals surface area contributed by atoms with Crippen molar-refractivity contribution in [1.82, 2.24) is 0 Å². The van der Waals surface area contributed by atoms with Crippen LogP contribution in [-0.4, -0.2) is 100 Å². The Labute approximate surface area is 233 Å². The molecular weight excluding hydrogens is 528 g/mol. The van der Waals surface area contributed by atoms with Crippen LogP contribution in [0.3, 0.4) is 0 Å². The minimum absolute atomic E-state index is 0.454. The molecule has 0 atom stereocenters. The third kappa shape index (κ3) is 52.0. The lowest BCUT2D eigenvalue weighted by Crippen LogP contribution is -1.99. The van der Waals surface area contributed by atoms with Crippen molar-refractivity contribution in [1.29, 1.82) is 0 Å². The highest BCUT2D eigenvalue weighted by atomic mass is 32.2. The first kappa shape index (κ1) is 40.1. The Hall–Kier alpha value is -3.41. The highest BCUT2D eigenvalue weighted by Gasteiger charge is 1.90. The summed E-state index contributed by atoms with van der Waals surface area (Å²) in [6, 6.07) is 0. The van der Waals surface area contributed by atoms with Crippen molar-refractivity contribution in [3.63, 3.8) is 0 Å². The van der Waals surface area contributed by atoms with Crippen molar-refractivity contribution in [2.75, 3.05) is 64.0 Å². The average Bonchev–Trinajstić information content (AvgIpc) is 2.95. The van der Waals surface area contributed by atoms with Crippen LogP contribution in [0.4, 0.5) is 0 Å². The van der Waals surface area contributed by atoms with E-state index in [1.165, 1.54) is 36.5 Å². The predicted octanol–water partition coefficient (Wildman–Crippen LogP) is 3.23. The van der Waals surface area contributed by atoms with Crippen molar-refractivity contribution in [2.45, 2.75) is 57.8 Å². The molecule has 0 aliphatic carbocycles. The van der Waals surface area contributed by atoms with E-state index in [9.17, 15) is 28.8 Å². The number of nitrogens with zero attached hydrogens (tertiary/aromatic N) is 6. The molecule has 0 N–H and O–H groups in total. The highest BCUT2D eigenvalue weighted by Crippen LogP contribution is 2.04. The van der Waals surface area contributed by atoms with Gasteiger partial charge in [0.2, 0.25) is 36.5 Å². The fourth-order valence-corrected chi connectivity index (χ4v) is 3.24. The topological polar surface area (TPSA) is 186 Å². The van der Waals surface area contributed by atoms with Crippen LogP contribution < -0.4 is 0 Å².